The fourth-order valence-corrected chi connectivity index (χ4v) is 1.77. The zero-order chi connectivity index (χ0) is 13.4. The molecule has 0 aromatic rings. The van der Waals surface area contributed by atoms with Crippen molar-refractivity contribution < 1.29 is 14.3 Å². The largest absolute Gasteiger partial charge is 0.379 e. The minimum absolute atomic E-state index is 0.0916. The van der Waals surface area contributed by atoms with Crippen LogP contribution in [0.15, 0.2) is 0 Å². The Labute approximate surface area is 110 Å². The third kappa shape index (κ3) is 5.80. The normalized spacial score (nSPS) is 17.6. The zero-order valence-corrected chi connectivity index (χ0v) is 11.8. The van der Waals surface area contributed by atoms with Crippen LogP contribution in [0.1, 0.15) is 26.7 Å². The molecule has 0 aliphatic carbocycles. The molecule has 18 heavy (non-hydrogen) atoms. The number of carbonyl (C=O) groups excluding carboxylic acids is 1. The maximum absolute atomic E-state index is 11.9. The second-order valence-corrected chi connectivity index (χ2v) is 5.25. The van der Waals surface area contributed by atoms with Gasteiger partial charge in [0.25, 0.3) is 0 Å². The first-order chi connectivity index (χ1) is 8.55. The third-order valence-electron chi connectivity index (χ3n) is 3.32. The van der Waals surface area contributed by atoms with Gasteiger partial charge < -0.3 is 19.7 Å². The zero-order valence-electron chi connectivity index (χ0n) is 11.8. The molecule has 0 atom stereocenters. The third-order valence-corrected chi connectivity index (χ3v) is 3.32. The minimum Gasteiger partial charge on any atom is -0.379 e. The highest BCUT2D eigenvalue weighted by Crippen LogP contribution is 2.12. The van der Waals surface area contributed by atoms with Crippen molar-refractivity contribution >= 4 is 5.91 Å². The number of hydrogen-bond donors (Lipinski definition) is 1. The fraction of sp³-hybridized carbons (Fsp3) is 0.923. The van der Waals surface area contributed by atoms with Crippen molar-refractivity contribution in [3.8, 4) is 0 Å². The van der Waals surface area contributed by atoms with Crippen LogP contribution in [0.3, 0.4) is 0 Å². The molecule has 1 heterocycles. The number of ether oxygens (including phenoxy) is 2. The van der Waals surface area contributed by atoms with Gasteiger partial charge in [-0.25, -0.2) is 0 Å². The van der Waals surface area contributed by atoms with E-state index < -0.39 is 0 Å². The molecule has 1 amide bonds. The maximum atomic E-state index is 11.9. The first-order valence-corrected chi connectivity index (χ1v) is 6.66. The summed E-state index contributed by atoms with van der Waals surface area (Å²) < 4.78 is 10.7. The van der Waals surface area contributed by atoms with E-state index in [2.05, 4.69) is 5.32 Å². The lowest BCUT2D eigenvalue weighted by atomic mass is 10.1. The van der Waals surface area contributed by atoms with Gasteiger partial charge in [-0.05, 0) is 33.2 Å². The second kappa shape index (κ2) is 7.71. The minimum atomic E-state index is -0.185. The summed E-state index contributed by atoms with van der Waals surface area (Å²) in [6, 6.07) is 0. The summed E-state index contributed by atoms with van der Waals surface area (Å²) in [6.07, 6.45) is 1.81. The van der Waals surface area contributed by atoms with Gasteiger partial charge in [-0.2, -0.15) is 0 Å². The predicted molar refractivity (Wildman–Crippen MR) is 70.6 cm³/mol. The lowest BCUT2D eigenvalue weighted by Crippen LogP contribution is -2.37. The van der Waals surface area contributed by atoms with Crippen LogP contribution in [-0.2, 0) is 14.3 Å². The van der Waals surface area contributed by atoms with E-state index in [1.807, 2.05) is 18.7 Å². The van der Waals surface area contributed by atoms with Crippen LogP contribution in [0.5, 0.6) is 0 Å². The lowest BCUT2D eigenvalue weighted by molar-refractivity contribution is -0.136. The summed E-state index contributed by atoms with van der Waals surface area (Å²) >= 11 is 0. The number of nitrogens with zero attached hydrogens (tertiary/aromatic N) is 1. The first-order valence-electron chi connectivity index (χ1n) is 6.66. The summed E-state index contributed by atoms with van der Waals surface area (Å²) in [4.78, 5) is 13.8. The number of nitrogens with one attached hydrogen (secondary N) is 1. The Morgan fingerprint density at radius 2 is 2.11 bits per heavy atom. The smallest absolute Gasteiger partial charge is 0.248 e. The van der Waals surface area contributed by atoms with Crippen molar-refractivity contribution in [2.45, 2.75) is 32.3 Å². The van der Waals surface area contributed by atoms with E-state index in [0.717, 1.165) is 39.0 Å². The molecule has 1 aliphatic heterocycles. The van der Waals surface area contributed by atoms with E-state index in [9.17, 15) is 4.79 Å². The predicted octanol–water partition coefficient (Wildman–Crippen LogP) is 0.640. The van der Waals surface area contributed by atoms with E-state index in [1.165, 1.54) is 0 Å². The molecular formula is C13H26N2O3. The molecule has 5 heteroatoms. The highest BCUT2D eigenvalue weighted by Gasteiger charge is 2.18. The average Bonchev–Trinajstić information content (AvgIpc) is 2.63. The van der Waals surface area contributed by atoms with Crippen molar-refractivity contribution in [2.24, 2.45) is 0 Å². The second-order valence-electron chi connectivity index (χ2n) is 5.25. The van der Waals surface area contributed by atoms with Crippen LogP contribution in [0.25, 0.3) is 0 Å². The topological polar surface area (TPSA) is 50.8 Å². The van der Waals surface area contributed by atoms with Gasteiger partial charge in [0.2, 0.25) is 5.91 Å². The van der Waals surface area contributed by atoms with Gasteiger partial charge in [0.1, 0.15) is 6.61 Å². The van der Waals surface area contributed by atoms with Crippen LogP contribution in [0.2, 0.25) is 0 Å². The SMILES string of the molecule is COC(C)(C)CCOCC(=O)N1CCCNCC1. The standard InChI is InChI=1S/C13H26N2O3/c1-13(2,17-3)5-10-18-11-12(16)15-8-4-6-14-7-9-15/h14H,4-11H2,1-3H3. The number of rotatable bonds is 6. The van der Waals surface area contributed by atoms with Crippen LogP contribution in [-0.4, -0.2) is 62.9 Å². The lowest BCUT2D eigenvalue weighted by Gasteiger charge is -2.23. The van der Waals surface area contributed by atoms with Crippen molar-refractivity contribution in [1.82, 2.24) is 10.2 Å². The molecule has 0 unspecified atom stereocenters. The van der Waals surface area contributed by atoms with Crippen LogP contribution >= 0.6 is 0 Å². The van der Waals surface area contributed by atoms with Gasteiger partial charge in [0, 0.05) is 33.4 Å². The summed E-state index contributed by atoms with van der Waals surface area (Å²) in [5, 5.41) is 3.28. The highest BCUT2D eigenvalue weighted by atomic mass is 16.5. The van der Waals surface area contributed by atoms with Crippen molar-refractivity contribution in [2.75, 3.05) is 46.5 Å². The van der Waals surface area contributed by atoms with Gasteiger partial charge in [-0.15, -0.1) is 0 Å². The summed E-state index contributed by atoms with van der Waals surface area (Å²) in [5.41, 5.74) is -0.185. The van der Waals surface area contributed by atoms with Gasteiger partial charge in [0.05, 0.1) is 5.60 Å². The molecule has 106 valence electrons. The molecule has 1 N–H and O–H groups in total. The van der Waals surface area contributed by atoms with Gasteiger partial charge in [0.15, 0.2) is 0 Å². The highest BCUT2D eigenvalue weighted by molar-refractivity contribution is 5.77. The Balaban J connectivity index is 2.16. The first kappa shape index (κ1) is 15.4. The molecule has 1 aliphatic rings. The van der Waals surface area contributed by atoms with E-state index >= 15 is 0 Å². The molecule has 1 saturated heterocycles. The molecule has 5 nitrogen and oxygen atoms in total. The molecule has 1 fully saturated rings. The molecule has 0 spiro atoms. The van der Waals surface area contributed by atoms with Crippen LogP contribution in [0, 0.1) is 0 Å². The number of hydrogen-bond acceptors (Lipinski definition) is 4. The van der Waals surface area contributed by atoms with Gasteiger partial charge in [-0.3, -0.25) is 4.79 Å². The molecule has 0 saturated carbocycles. The quantitative estimate of drug-likeness (QED) is 0.710. The Morgan fingerprint density at radius 1 is 1.33 bits per heavy atom. The van der Waals surface area contributed by atoms with E-state index in [1.54, 1.807) is 7.11 Å². The molecular weight excluding hydrogens is 232 g/mol. The van der Waals surface area contributed by atoms with Crippen molar-refractivity contribution in [3.05, 3.63) is 0 Å². The van der Waals surface area contributed by atoms with E-state index in [4.69, 9.17) is 9.47 Å². The molecule has 0 radical (unpaired) electrons. The van der Waals surface area contributed by atoms with Crippen LogP contribution in [0.4, 0.5) is 0 Å². The summed E-state index contributed by atoms with van der Waals surface area (Å²) in [6.45, 7) is 8.25. The van der Waals surface area contributed by atoms with Gasteiger partial charge >= 0.3 is 0 Å². The van der Waals surface area contributed by atoms with Crippen LogP contribution < -0.4 is 5.32 Å². The monoisotopic (exact) mass is 258 g/mol. The Kier molecular flexibility index (Phi) is 6.60. The Morgan fingerprint density at radius 3 is 2.83 bits per heavy atom. The van der Waals surface area contributed by atoms with Crippen molar-refractivity contribution in [3.63, 3.8) is 0 Å². The van der Waals surface area contributed by atoms with E-state index in [0.29, 0.717) is 6.61 Å². The number of carbonyl (C=O) groups is 1. The maximum Gasteiger partial charge on any atom is 0.248 e. The molecule has 0 aromatic heterocycles. The fourth-order valence-electron chi connectivity index (χ4n) is 1.77. The Bertz CT molecular complexity index is 249. The number of amides is 1. The van der Waals surface area contributed by atoms with E-state index in [-0.39, 0.29) is 18.1 Å². The van der Waals surface area contributed by atoms with Crippen molar-refractivity contribution in [1.29, 1.82) is 0 Å². The molecule has 0 bridgehead atoms. The molecule has 1 rings (SSSR count). The number of methoxy groups -OCH3 is 1. The van der Waals surface area contributed by atoms with Gasteiger partial charge in [-0.1, -0.05) is 0 Å². The summed E-state index contributed by atoms with van der Waals surface area (Å²) in [7, 11) is 1.69. The average molecular weight is 258 g/mol. The Hall–Kier alpha value is -0.650. The molecule has 0 aromatic carbocycles. The summed E-state index contributed by atoms with van der Waals surface area (Å²) in [5.74, 6) is 0.0916.